The van der Waals surface area contributed by atoms with Crippen molar-refractivity contribution >= 4 is 16.6 Å². The Balaban J connectivity index is 2.11. The van der Waals surface area contributed by atoms with E-state index in [2.05, 4.69) is 4.98 Å². The van der Waals surface area contributed by atoms with Crippen LogP contribution >= 0.6 is 0 Å². The van der Waals surface area contributed by atoms with Gasteiger partial charge in [0.1, 0.15) is 5.69 Å². The second kappa shape index (κ2) is 4.90. The van der Waals surface area contributed by atoms with Crippen LogP contribution in [0.1, 0.15) is 5.56 Å². The average molecular weight is 282 g/mol. The number of fused-ring (bicyclic) bond motifs is 1. The van der Waals surface area contributed by atoms with Crippen molar-refractivity contribution in [3.05, 3.63) is 69.1 Å². The van der Waals surface area contributed by atoms with Gasteiger partial charge in [-0.05, 0) is 23.8 Å². The number of benzene rings is 1. The van der Waals surface area contributed by atoms with Gasteiger partial charge >= 0.3 is 5.69 Å². The third kappa shape index (κ3) is 2.31. The van der Waals surface area contributed by atoms with Gasteiger partial charge < -0.3 is 10.3 Å². The highest BCUT2D eigenvalue weighted by molar-refractivity contribution is 5.78. The van der Waals surface area contributed by atoms with Crippen LogP contribution in [-0.4, -0.2) is 14.1 Å². The Morgan fingerprint density at radius 2 is 2.05 bits per heavy atom. The lowest BCUT2D eigenvalue weighted by Crippen LogP contribution is -2.39. The molecule has 3 aromatic rings. The largest absolute Gasteiger partial charge is 0.393 e. The van der Waals surface area contributed by atoms with E-state index in [9.17, 15) is 9.59 Å². The number of hydrogen-bond acceptors (Lipinski definition) is 4. The summed E-state index contributed by atoms with van der Waals surface area (Å²) in [4.78, 5) is 28.3. The fraction of sp³-hybridized carbons (Fsp3) is 0.133. The maximum atomic E-state index is 12.1. The van der Waals surface area contributed by atoms with Gasteiger partial charge in [0.25, 0.3) is 5.56 Å². The van der Waals surface area contributed by atoms with Crippen molar-refractivity contribution in [1.82, 2.24) is 14.1 Å². The summed E-state index contributed by atoms with van der Waals surface area (Å²) in [5, 5.41) is 0.962. The molecule has 0 spiro atoms. The van der Waals surface area contributed by atoms with Crippen molar-refractivity contribution in [3.63, 3.8) is 0 Å². The van der Waals surface area contributed by atoms with Gasteiger partial charge in [-0.25, -0.2) is 4.79 Å². The first-order valence-corrected chi connectivity index (χ1v) is 6.46. The van der Waals surface area contributed by atoms with Crippen LogP contribution in [0.25, 0.3) is 10.9 Å². The minimum absolute atomic E-state index is 0.0551. The second-order valence-corrected chi connectivity index (χ2v) is 4.90. The van der Waals surface area contributed by atoms with E-state index in [0.29, 0.717) is 0 Å². The van der Waals surface area contributed by atoms with Crippen LogP contribution in [0.15, 0.2) is 52.3 Å². The van der Waals surface area contributed by atoms with Gasteiger partial charge in [-0.1, -0.05) is 12.1 Å². The molecule has 6 heteroatoms. The molecule has 3 rings (SSSR count). The van der Waals surface area contributed by atoms with Crippen molar-refractivity contribution in [3.8, 4) is 0 Å². The molecule has 2 heterocycles. The molecule has 0 atom stereocenters. The van der Waals surface area contributed by atoms with Gasteiger partial charge in [-0.15, -0.1) is 0 Å². The Kier molecular flexibility index (Phi) is 3.06. The van der Waals surface area contributed by atoms with E-state index >= 15 is 0 Å². The first-order chi connectivity index (χ1) is 10.1. The van der Waals surface area contributed by atoms with Crippen LogP contribution in [0.2, 0.25) is 0 Å². The molecular weight excluding hydrogens is 268 g/mol. The number of nitrogens with zero attached hydrogens (tertiary/aromatic N) is 3. The molecule has 106 valence electrons. The average Bonchev–Trinajstić information content (AvgIpc) is 2.49. The van der Waals surface area contributed by atoms with Crippen molar-refractivity contribution in [2.75, 3.05) is 5.73 Å². The van der Waals surface area contributed by atoms with Gasteiger partial charge in [-0.3, -0.25) is 14.3 Å². The third-order valence-electron chi connectivity index (χ3n) is 3.37. The predicted octanol–water partition coefficient (Wildman–Crippen LogP) is 0.726. The lowest BCUT2D eigenvalue weighted by Gasteiger charge is -2.09. The molecule has 0 unspecified atom stereocenters. The van der Waals surface area contributed by atoms with Gasteiger partial charge in [0, 0.05) is 24.8 Å². The van der Waals surface area contributed by atoms with E-state index in [1.165, 1.54) is 10.8 Å². The number of hydrogen-bond donors (Lipinski definition) is 1. The minimum atomic E-state index is -0.468. The number of nitrogens with two attached hydrogens (primary N) is 1. The highest BCUT2D eigenvalue weighted by Crippen LogP contribution is 2.13. The molecule has 0 fully saturated rings. The maximum Gasteiger partial charge on any atom is 0.331 e. The summed E-state index contributed by atoms with van der Waals surface area (Å²) in [5.74, 6) is 0. The molecular formula is C15H14N4O2. The molecule has 1 aromatic carbocycles. The zero-order valence-electron chi connectivity index (χ0n) is 11.5. The standard InChI is InChI=1S/C15H14N4O2/c1-18-9-12(16)14(20)19(15(18)21)8-10-4-5-13-11(7-10)3-2-6-17-13/h2-7,9H,8,16H2,1H3. The molecule has 2 aromatic heterocycles. The minimum Gasteiger partial charge on any atom is -0.393 e. The number of aryl methyl sites for hydroxylation is 1. The molecule has 0 amide bonds. The molecule has 0 radical (unpaired) electrons. The van der Waals surface area contributed by atoms with Crippen molar-refractivity contribution in [2.45, 2.75) is 6.54 Å². The van der Waals surface area contributed by atoms with Crippen LogP contribution in [0.5, 0.6) is 0 Å². The van der Waals surface area contributed by atoms with E-state index < -0.39 is 5.56 Å². The van der Waals surface area contributed by atoms with E-state index in [-0.39, 0.29) is 17.9 Å². The molecule has 6 nitrogen and oxygen atoms in total. The SMILES string of the molecule is Cn1cc(N)c(=O)n(Cc2ccc3ncccc3c2)c1=O. The number of rotatable bonds is 2. The molecule has 2 N–H and O–H groups in total. The number of aromatic nitrogens is 3. The first-order valence-electron chi connectivity index (χ1n) is 6.46. The van der Waals surface area contributed by atoms with Crippen LogP contribution in [0.4, 0.5) is 5.69 Å². The third-order valence-corrected chi connectivity index (χ3v) is 3.37. The van der Waals surface area contributed by atoms with Gasteiger partial charge in [0.15, 0.2) is 0 Å². The van der Waals surface area contributed by atoms with E-state index in [1.54, 1.807) is 13.2 Å². The lowest BCUT2D eigenvalue weighted by atomic mass is 10.1. The molecule has 0 aliphatic heterocycles. The summed E-state index contributed by atoms with van der Waals surface area (Å²) in [6, 6.07) is 9.41. The van der Waals surface area contributed by atoms with Crippen LogP contribution in [0, 0.1) is 0 Å². The lowest BCUT2D eigenvalue weighted by molar-refractivity contribution is 0.643. The molecule has 21 heavy (non-hydrogen) atoms. The first kappa shape index (κ1) is 13.1. The molecule has 0 saturated carbocycles. The molecule has 0 aliphatic rings. The summed E-state index contributed by atoms with van der Waals surface area (Å²) >= 11 is 0. The Bertz CT molecular complexity index is 906. The number of anilines is 1. The van der Waals surface area contributed by atoms with Crippen LogP contribution in [0.3, 0.4) is 0 Å². The monoisotopic (exact) mass is 282 g/mol. The van der Waals surface area contributed by atoms with Crippen LogP contribution < -0.4 is 17.0 Å². The van der Waals surface area contributed by atoms with Gasteiger partial charge in [0.2, 0.25) is 0 Å². The van der Waals surface area contributed by atoms with Crippen molar-refractivity contribution in [2.24, 2.45) is 7.05 Å². The summed E-state index contributed by atoms with van der Waals surface area (Å²) in [5.41, 5.74) is 6.55. The Hall–Kier alpha value is -2.89. The fourth-order valence-corrected chi connectivity index (χ4v) is 2.30. The van der Waals surface area contributed by atoms with Gasteiger partial charge in [-0.2, -0.15) is 0 Å². The Labute approximate surface area is 120 Å². The molecule has 0 saturated heterocycles. The maximum absolute atomic E-state index is 12.1. The van der Waals surface area contributed by atoms with E-state index in [1.807, 2.05) is 30.3 Å². The van der Waals surface area contributed by atoms with Gasteiger partial charge in [0.05, 0.1) is 12.1 Å². The highest BCUT2D eigenvalue weighted by atomic mass is 16.2. The number of nitrogen functional groups attached to an aromatic ring is 1. The summed E-state index contributed by atoms with van der Waals surface area (Å²) in [6.07, 6.45) is 3.06. The van der Waals surface area contributed by atoms with E-state index in [4.69, 9.17) is 5.73 Å². The zero-order valence-corrected chi connectivity index (χ0v) is 11.5. The quantitative estimate of drug-likeness (QED) is 0.751. The fourth-order valence-electron chi connectivity index (χ4n) is 2.30. The zero-order chi connectivity index (χ0) is 15.0. The Morgan fingerprint density at radius 3 is 2.86 bits per heavy atom. The van der Waals surface area contributed by atoms with E-state index in [0.717, 1.165) is 21.0 Å². The predicted molar refractivity (Wildman–Crippen MR) is 81.2 cm³/mol. The Morgan fingerprint density at radius 1 is 1.24 bits per heavy atom. The summed E-state index contributed by atoms with van der Waals surface area (Å²) in [7, 11) is 1.57. The highest BCUT2D eigenvalue weighted by Gasteiger charge is 2.08. The number of pyridine rings is 1. The smallest absolute Gasteiger partial charge is 0.331 e. The van der Waals surface area contributed by atoms with Crippen molar-refractivity contribution in [1.29, 1.82) is 0 Å². The molecule has 0 bridgehead atoms. The summed E-state index contributed by atoms with van der Waals surface area (Å²) in [6.45, 7) is 0.182. The van der Waals surface area contributed by atoms with Crippen molar-refractivity contribution < 1.29 is 0 Å². The second-order valence-electron chi connectivity index (χ2n) is 4.90. The normalized spacial score (nSPS) is 10.9. The van der Waals surface area contributed by atoms with Crippen LogP contribution in [-0.2, 0) is 13.6 Å². The summed E-state index contributed by atoms with van der Waals surface area (Å²) < 4.78 is 2.44. The topological polar surface area (TPSA) is 82.9 Å². The molecule has 0 aliphatic carbocycles.